The van der Waals surface area contributed by atoms with Crippen molar-refractivity contribution in [2.45, 2.75) is 32.7 Å². The molecule has 1 unspecified atom stereocenters. The molecular formula is C20H21N5O4S. The number of hydrogen-bond acceptors (Lipinski definition) is 8. The number of aromatic nitrogens is 3. The molecule has 3 aromatic rings. The molecule has 1 aromatic carbocycles. The number of fused-ring (bicyclic) bond motifs is 3. The van der Waals surface area contributed by atoms with Crippen molar-refractivity contribution in [3.8, 4) is 11.5 Å². The summed E-state index contributed by atoms with van der Waals surface area (Å²) in [6.45, 7) is 1.93. The third-order valence-corrected chi connectivity index (χ3v) is 6.22. The standard InChI is InChI=1S/C20H21N5O4S/c1-11-3-5-13-16(7-11)30-19-18(13)20(28)25(24-23-19)10-17(27)22-21-9-12-4-6-14(26)15(8-12)29-2/h4,6,8-9,11,26H,3,5,7,10H2,1-2H3,(H,22,27). The van der Waals surface area contributed by atoms with Crippen LogP contribution in [0.4, 0.5) is 0 Å². The second-order valence-corrected chi connectivity index (χ2v) is 8.39. The van der Waals surface area contributed by atoms with E-state index in [0.29, 0.717) is 27.4 Å². The van der Waals surface area contributed by atoms with Gasteiger partial charge in [-0.05, 0) is 54.5 Å². The second kappa shape index (κ2) is 8.23. The van der Waals surface area contributed by atoms with E-state index in [1.54, 1.807) is 12.1 Å². The van der Waals surface area contributed by atoms with E-state index >= 15 is 0 Å². The van der Waals surface area contributed by atoms with Gasteiger partial charge < -0.3 is 9.84 Å². The number of ether oxygens (including phenoxy) is 1. The van der Waals surface area contributed by atoms with E-state index in [-0.39, 0.29) is 17.9 Å². The number of hydrogen-bond donors (Lipinski definition) is 2. The number of nitrogens with zero attached hydrogens (tertiary/aromatic N) is 4. The minimum atomic E-state index is -0.495. The summed E-state index contributed by atoms with van der Waals surface area (Å²) in [4.78, 5) is 26.9. The average molecular weight is 427 g/mol. The van der Waals surface area contributed by atoms with Crippen LogP contribution in [0.5, 0.6) is 11.5 Å². The number of aryl methyl sites for hydroxylation is 1. The monoisotopic (exact) mass is 427 g/mol. The fourth-order valence-corrected chi connectivity index (χ4v) is 4.84. The van der Waals surface area contributed by atoms with Gasteiger partial charge in [-0.3, -0.25) is 9.59 Å². The Hall–Kier alpha value is -3.27. The number of carbonyl (C=O) groups excluding carboxylic acids is 1. The van der Waals surface area contributed by atoms with Gasteiger partial charge >= 0.3 is 0 Å². The highest BCUT2D eigenvalue weighted by Gasteiger charge is 2.24. The van der Waals surface area contributed by atoms with Gasteiger partial charge in [-0.1, -0.05) is 12.1 Å². The van der Waals surface area contributed by atoms with E-state index in [9.17, 15) is 14.7 Å². The molecule has 4 rings (SSSR count). The minimum absolute atomic E-state index is 0.0112. The minimum Gasteiger partial charge on any atom is -0.504 e. The van der Waals surface area contributed by atoms with E-state index < -0.39 is 5.91 Å². The van der Waals surface area contributed by atoms with Crippen LogP contribution in [0, 0.1) is 5.92 Å². The summed E-state index contributed by atoms with van der Waals surface area (Å²) in [6, 6.07) is 4.67. The number of phenols is 1. The van der Waals surface area contributed by atoms with Crippen molar-refractivity contribution < 1.29 is 14.6 Å². The first-order valence-corrected chi connectivity index (χ1v) is 10.3. The maximum atomic E-state index is 12.9. The van der Waals surface area contributed by atoms with Crippen molar-refractivity contribution in [1.29, 1.82) is 0 Å². The lowest BCUT2D eigenvalue weighted by atomic mass is 9.89. The highest BCUT2D eigenvalue weighted by atomic mass is 32.1. The molecule has 0 bridgehead atoms. The Morgan fingerprint density at radius 3 is 3.13 bits per heavy atom. The number of nitrogens with one attached hydrogen (secondary N) is 1. The van der Waals surface area contributed by atoms with Crippen molar-refractivity contribution >= 4 is 33.7 Å². The summed E-state index contributed by atoms with van der Waals surface area (Å²) in [7, 11) is 1.44. The van der Waals surface area contributed by atoms with Crippen LogP contribution in [0.1, 0.15) is 29.3 Å². The number of thiophene rings is 1. The van der Waals surface area contributed by atoms with Crippen LogP contribution in [0.3, 0.4) is 0 Å². The SMILES string of the molecule is COc1cc(C=NNC(=O)Cn2nnc3sc4c(c3c2=O)CCC(C)C4)ccc1O. The molecule has 1 aliphatic rings. The predicted molar refractivity (Wildman–Crippen MR) is 113 cm³/mol. The summed E-state index contributed by atoms with van der Waals surface area (Å²) >= 11 is 1.52. The van der Waals surface area contributed by atoms with E-state index in [0.717, 1.165) is 29.5 Å². The highest BCUT2D eigenvalue weighted by molar-refractivity contribution is 7.18. The quantitative estimate of drug-likeness (QED) is 0.474. The third kappa shape index (κ3) is 3.90. The largest absolute Gasteiger partial charge is 0.504 e. The van der Waals surface area contributed by atoms with Crippen molar-refractivity contribution in [3.63, 3.8) is 0 Å². The van der Waals surface area contributed by atoms with Crippen LogP contribution in [0.2, 0.25) is 0 Å². The lowest BCUT2D eigenvalue weighted by molar-refractivity contribution is -0.121. The summed E-state index contributed by atoms with van der Waals surface area (Å²) < 4.78 is 6.10. The molecule has 30 heavy (non-hydrogen) atoms. The molecule has 9 nitrogen and oxygen atoms in total. The normalized spacial score (nSPS) is 16.0. The Kier molecular flexibility index (Phi) is 5.49. The maximum absolute atomic E-state index is 12.9. The van der Waals surface area contributed by atoms with Crippen molar-refractivity contribution in [1.82, 2.24) is 20.4 Å². The van der Waals surface area contributed by atoms with Gasteiger partial charge in [0.25, 0.3) is 11.5 Å². The third-order valence-electron chi connectivity index (χ3n) is 5.08. The Bertz CT molecular complexity index is 1200. The van der Waals surface area contributed by atoms with Gasteiger partial charge in [0.2, 0.25) is 0 Å². The van der Waals surface area contributed by atoms with Crippen LogP contribution < -0.4 is 15.7 Å². The molecule has 2 N–H and O–H groups in total. The number of methoxy groups -OCH3 is 1. The highest BCUT2D eigenvalue weighted by Crippen LogP contribution is 2.35. The lowest BCUT2D eigenvalue weighted by Gasteiger charge is -2.17. The molecule has 1 atom stereocenters. The number of benzene rings is 1. The van der Waals surface area contributed by atoms with Gasteiger partial charge in [-0.15, -0.1) is 16.4 Å². The van der Waals surface area contributed by atoms with Gasteiger partial charge in [0.1, 0.15) is 6.54 Å². The number of phenolic OH excluding ortho intramolecular Hbond substituents is 1. The van der Waals surface area contributed by atoms with E-state index in [2.05, 4.69) is 27.8 Å². The zero-order valence-corrected chi connectivity index (χ0v) is 17.4. The molecule has 0 saturated heterocycles. The Balaban J connectivity index is 1.48. The summed E-state index contributed by atoms with van der Waals surface area (Å²) in [5.74, 6) is 0.411. The van der Waals surface area contributed by atoms with Crippen molar-refractivity contribution in [2.75, 3.05) is 7.11 Å². The van der Waals surface area contributed by atoms with Gasteiger partial charge in [0.15, 0.2) is 16.3 Å². The summed E-state index contributed by atoms with van der Waals surface area (Å²) in [5.41, 5.74) is 3.76. The summed E-state index contributed by atoms with van der Waals surface area (Å²) in [5, 5.41) is 22.1. The van der Waals surface area contributed by atoms with Crippen LogP contribution >= 0.6 is 11.3 Å². The zero-order valence-electron chi connectivity index (χ0n) is 16.6. The van der Waals surface area contributed by atoms with Crippen LogP contribution in [0.25, 0.3) is 10.2 Å². The molecule has 0 saturated carbocycles. The van der Waals surface area contributed by atoms with Gasteiger partial charge in [0, 0.05) is 4.88 Å². The first kappa shape index (κ1) is 20.0. The van der Waals surface area contributed by atoms with Crippen LogP contribution in [0.15, 0.2) is 28.1 Å². The first-order valence-electron chi connectivity index (χ1n) is 9.53. The van der Waals surface area contributed by atoms with Gasteiger partial charge in [-0.2, -0.15) is 5.10 Å². The molecule has 0 spiro atoms. The molecule has 0 radical (unpaired) electrons. The molecule has 2 aromatic heterocycles. The van der Waals surface area contributed by atoms with E-state index in [4.69, 9.17) is 4.74 Å². The Morgan fingerprint density at radius 2 is 2.33 bits per heavy atom. The second-order valence-electron chi connectivity index (χ2n) is 7.31. The molecule has 1 aliphatic carbocycles. The van der Waals surface area contributed by atoms with Crippen molar-refractivity contribution in [2.24, 2.45) is 11.0 Å². The fraction of sp³-hybridized carbons (Fsp3) is 0.350. The molecule has 156 valence electrons. The molecule has 0 fully saturated rings. The van der Waals surface area contributed by atoms with Crippen LogP contribution in [-0.2, 0) is 24.2 Å². The number of carbonyl (C=O) groups is 1. The topological polar surface area (TPSA) is 119 Å². The predicted octanol–water partition coefficient (Wildman–Crippen LogP) is 1.84. The maximum Gasteiger partial charge on any atom is 0.279 e. The Labute approximate surface area is 176 Å². The molecule has 10 heteroatoms. The summed E-state index contributed by atoms with van der Waals surface area (Å²) in [6.07, 6.45) is 4.25. The number of aromatic hydroxyl groups is 1. The van der Waals surface area contributed by atoms with E-state index in [1.807, 2.05) is 0 Å². The average Bonchev–Trinajstić information content (AvgIpc) is 3.09. The number of amides is 1. The lowest BCUT2D eigenvalue weighted by Crippen LogP contribution is -2.32. The smallest absolute Gasteiger partial charge is 0.279 e. The Morgan fingerprint density at radius 1 is 1.50 bits per heavy atom. The first-order chi connectivity index (χ1) is 14.5. The van der Waals surface area contributed by atoms with E-state index in [1.165, 1.54) is 35.6 Å². The number of hydrazone groups is 1. The van der Waals surface area contributed by atoms with Crippen molar-refractivity contribution in [3.05, 3.63) is 44.6 Å². The fourth-order valence-electron chi connectivity index (χ4n) is 3.52. The van der Waals surface area contributed by atoms with Crippen LogP contribution in [-0.4, -0.2) is 39.3 Å². The molecule has 0 aliphatic heterocycles. The van der Waals surface area contributed by atoms with Gasteiger partial charge in [0.05, 0.1) is 18.7 Å². The molecular weight excluding hydrogens is 406 g/mol. The molecule has 2 heterocycles. The van der Waals surface area contributed by atoms with Gasteiger partial charge in [-0.25, -0.2) is 10.1 Å². The molecule has 1 amide bonds. The zero-order chi connectivity index (χ0) is 21.3. The number of rotatable bonds is 5.